The van der Waals surface area contributed by atoms with Crippen LogP contribution in [0, 0.1) is 5.92 Å². The Labute approximate surface area is 166 Å². The van der Waals surface area contributed by atoms with Gasteiger partial charge in [-0.3, -0.25) is 4.99 Å². The SMILES string of the molecule is C=C(CC)CC/N=C1\C=C\CC/C=C/CC(C)CC(=C)c2ccccc2C1. The maximum absolute atomic E-state index is 4.90. The maximum atomic E-state index is 4.90. The zero-order valence-corrected chi connectivity index (χ0v) is 17.2. The summed E-state index contributed by atoms with van der Waals surface area (Å²) in [6.07, 6.45) is 16.3. The zero-order chi connectivity index (χ0) is 19.5. The number of fused-ring (bicyclic) bond motifs is 1. The van der Waals surface area contributed by atoms with Gasteiger partial charge in [-0.1, -0.05) is 75.1 Å². The molecule has 0 aliphatic heterocycles. The zero-order valence-electron chi connectivity index (χ0n) is 17.2. The van der Waals surface area contributed by atoms with Gasteiger partial charge in [-0.15, -0.1) is 0 Å². The molecule has 27 heavy (non-hydrogen) atoms. The minimum Gasteiger partial charge on any atom is -0.289 e. The van der Waals surface area contributed by atoms with Crippen LogP contribution in [0.4, 0.5) is 0 Å². The van der Waals surface area contributed by atoms with Crippen LogP contribution < -0.4 is 0 Å². The average Bonchev–Trinajstić information content (AvgIpc) is 2.66. The molecule has 144 valence electrons. The molecule has 1 unspecified atom stereocenters. The summed E-state index contributed by atoms with van der Waals surface area (Å²) >= 11 is 0. The Hall–Kier alpha value is -2.15. The highest BCUT2D eigenvalue weighted by Crippen LogP contribution is 2.26. The van der Waals surface area contributed by atoms with Crippen molar-refractivity contribution in [3.8, 4) is 0 Å². The standard InChI is InChI=1S/C26H35N/c1-5-21(2)17-18-27-25-15-10-8-6-7-9-13-22(3)19-23(4)26-16-12-11-14-24(26)20-25/h7,9-12,14-16,22H,2,4-6,8,13,17-20H2,1,3H3/b9-7+,15-10+,27-25+. The number of rotatable bonds is 4. The molecule has 0 amide bonds. The summed E-state index contributed by atoms with van der Waals surface area (Å²) < 4.78 is 0. The lowest BCUT2D eigenvalue weighted by atomic mass is 9.90. The van der Waals surface area contributed by atoms with Crippen LogP contribution in [0.1, 0.15) is 63.5 Å². The lowest BCUT2D eigenvalue weighted by molar-refractivity contribution is 0.610. The molecular formula is C26H35N. The summed E-state index contributed by atoms with van der Waals surface area (Å²) in [7, 11) is 0. The van der Waals surface area contributed by atoms with Crippen molar-refractivity contribution >= 4 is 11.3 Å². The first-order valence-electron chi connectivity index (χ1n) is 10.4. The molecular weight excluding hydrogens is 326 g/mol. The number of hydrogen-bond donors (Lipinski definition) is 0. The molecule has 0 N–H and O–H groups in total. The summed E-state index contributed by atoms with van der Waals surface area (Å²) in [4.78, 5) is 4.90. The summed E-state index contributed by atoms with van der Waals surface area (Å²) in [6.45, 7) is 13.8. The van der Waals surface area contributed by atoms with Crippen molar-refractivity contribution in [3.63, 3.8) is 0 Å². The first-order chi connectivity index (χ1) is 13.1. The van der Waals surface area contributed by atoms with E-state index in [4.69, 9.17) is 4.99 Å². The Morgan fingerprint density at radius 2 is 1.93 bits per heavy atom. The molecule has 0 radical (unpaired) electrons. The van der Waals surface area contributed by atoms with E-state index < -0.39 is 0 Å². The van der Waals surface area contributed by atoms with Gasteiger partial charge in [-0.25, -0.2) is 0 Å². The minimum atomic E-state index is 0.619. The Kier molecular flexibility index (Phi) is 9.04. The predicted octanol–water partition coefficient (Wildman–Crippen LogP) is 7.36. The number of benzene rings is 1. The number of nitrogens with zero attached hydrogens (tertiary/aromatic N) is 1. The Bertz CT molecular complexity index is 717. The molecule has 1 heteroatoms. The largest absolute Gasteiger partial charge is 0.289 e. The van der Waals surface area contributed by atoms with Crippen molar-refractivity contribution in [1.82, 2.24) is 0 Å². The fourth-order valence-corrected chi connectivity index (χ4v) is 3.39. The van der Waals surface area contributed by atoms with Crippen LogP contribution >= 0.6 is 0 Å². The van der Waals surface area contributed by atoms with E-state index in [0.717, 1.165) is 57.2 Å². The van der Waals surface area contributed by atoms with Crippen LogP contribution in [0.3, 0.4) is 0 Å². The van der Waals surface area contributed by atoms with Crippen LogP contribution in [-0.2, 0) is 6.42 Å². The average molecular weight is 362 g/mol. The summed E-state index contributed by atoms with van der Waals surface area (Å²) in [5.74, 6) is 0.619. The Balaban J connectivity index is 2.26. The van der Waals surface area contributed by atoms with E-state index in [1.807, 2.05) is 0 Å². The van der Waals surface area contributed by atoms with Gasteiger partial charge in [0, 0.05) is 18.7 Å². The van der Waals surface area contributed by atoms with Crippen molar-refractivity contribution in [2.45, 2.75) is 58.8 Å². The second kappa shape index (κ2) is 11.5. The smallest absolute Gasteiger partial charge is 0.0429 e. The summed E-state index contributed by atoms with van der Waals surface area (Å²) in [5.41, 5.74) is 6.31. The third-order valence-corrected chi connectivity index (χ3v) is 5.16. The van der Waals surface area contributed by atoms with E-state index in [1.54, 1.807) is 0 Å². The third-order valence-electron chi connectivity index (χ3n) is 5.16. The van der Waals surface area contributed by atoms with Crippen LogP contribution in [0.25, 0.3) is 5.57 Å². The van der Waals surface area contributed by atoms with E-state index >= 15 is 0 Å². The normalized spacial score (nSPS) is 22.7. The van der Waals surface area contributed by atoms with Crippen molar-refractivity contribution < 1.29 is 0 Å². The monoisotopic (exact) mass is 361 g/mol. The van der Waals surface area contributed by atoms with E-state index in [0.29, 0.717) is 5.92 Å². The molecule has 1 atom stereocenters. The predicted molar refractivity (Wildman–Crippen MR) is 121 cm³/mol. The highest BCUT2D eigenvalue weighted by molar-refractivity contribution is 5.97. The lowest BCUT2D eigenvalue weighted by Crippen LogP contribution is -2.05. The van der Waals surface area contributed by atoms with Gasteiger partial charge in [0.15, 0.2) is 0 Å². The van der Waals surface area contributed by atoms with Crippen LogP contribution in [0.15, 0.2) is 72.3 Å². The van der Waals surface area contributed by atoms with Gasteiger partial charge >= 0.3 is 0 Å². The van der Waals surface area contributed by atoms with Gasteiger partial charge in [0.05, 0.1) is 0 Å². The van der Waals surface area contributed by atoms with Gasteiger partial charge < -0.3 is 0 Å². The summed E-state index contributed by atoms with van der Waals surface area (Å²) in [6, 6.07) is 8.69. The van der Waals surface area contributed by atoms with E-state index in [2.05, 4.69) is 75.6 Å². The fourth-order valence-electron chi connectivity index (χ4n) is 3.39. The van der Waals surface area contributed by atoms with Crippen LogP contribution in [0.5, 0.6) is 0 Å². The second-order valence-corrected chi connectivity index (χ2v) is 7.66. The lowest BCUT2D eigenvalue weighted by Gasteiger charge is -2.16. The molecule has 1 aromatic carbocycles. The molecule has 2 rings (SSSR count). The first kappa shape index (κ1) is 21.2. The van der Waals surface area contributed by atoms with Gasteiger partial charge in [-0.05, 0) is 67.2 Å². The van der Waals surface area contributed by atoms with E-state index in [1.165, 1.54) is 22.3 Å². The second-order valence-electron chi connectivity index (χ2n) is 7.66. The Morgan fingerprint density at radius 3 is 2.74 bits per heavy atom. The molecule has 1 aromatic rings. The molecule has 1 aliphatic carbocycles. The molecule has 1 nitrogen and oxygen atoms in total. The van der Waals surface area contributed by atoms with Gasteiger partial charge in [0.1, 0.15) is 0 Å². The van der Waals surface area contributed by atoms with Crippen molar-refractivity contribution in [1.29, 1.82) is 0 Å². The minimum absolute atomic E-state index is 0.619. The van der Waals surface area contributed by atoms with Crippen LogP contribution in [0.2, 0.25) is 0 Å². The topological polar surface area (TPSA) is 12.4 Å². The Morgan fingerprint density at radius 1 is 1.15 bits per heavy atom. The van der Waals surface area contributed by atoms with Crippen molar-refractivity contribution in [3.05, 3.63) is 78.4 Å². The van der Waals surface area contributed by atoms with E-state index in [-0.39, 0.29) is 0 Å². The third kappa shape index (κ3) is 7.54. The number of allylic oxidation sites excluding steroid dienone is 5. The molecule has 1 aliphatic rings. The quantitative estimate of drug-likeness (QED) is 0.497. The van der Waals surface area contributed by atoms with Gasteiger partial charge in [0.2, 0.25) is 0 Å². The van der Waals surface area contributed by atoms with Crippen LogP contribution in [-0.4, -0.2) is 12.3 Å². The van der Waals surface area contributed by atoms with Crippen molar-refractivity contribution in [2.24, 2.45) is 10.9 Å². The number of hydrogen-bond acceptors (Lipinski definition) is 1. The molecule has 0 aromatic heterocycles. The summed E-state index contributed by atoms with van der Waals surface area (Å²) in [5, 5.41) is 0. The van der Waals surface area contributed by atoms with Gasteiger partial charge in [0.25, 0.3) is 0 Å². The fraction of sp³-hybridized carbons (Fsp3) is 0.423. The molecule has 0 spiro atoms. The van der Waals surface area contributed by atoms with E-state index in [9.17, 15) is 0 Å². The molecule has 0 heterocycles. The first-order valence-corrected chi connectivity index (χ1v) is 10.4. The highest BCUT2D eigenvalue weighted by Gasteiger charge is 2.11. The molecule has 0 saturated carbocycles. The molecule has 0 saturated heterocycles. The van der Waals surface area contributed by atoms with Crippen molar-refractivity contribution in [2.75, 3.05) is 6.54 Å². The molecule has 0 bridgehead atoms. The number of aliphatic imine (C=N–C) groups is 1. The van der Waals surface area contributed by atoms with Gasteiger partial charge in [-0.2, -0.15) is 0 Å². The highest BCUT2D eigenvalue weighted by atomic mass is 14.7. The molecule has 0 fully saturated rings. The maximum Gasteiger partial charge on any atom is 0.0429 e.